The number of ketones is 1. The minimum Gasteiger partial charge on any atom is -0.486 e. The number of nitrogens with one attached hydrogen (secondary N) is 1. The maximum Gasteiger partial charge on any atom is 0.307 e. The molecule has 7 nitrogen and oxygen atoms in total. The van der Waals surface area contributed by atoms with Crippen LogP contribution < -0.4 is 14.8 Å². The first kappa shape index (κ1) is 19.9. The molecule has 0 spiro atoms. The van der Waals surface area contributed by atoms with Crippen LogP contribution in [0.2, 0.25) is 0 Å². The minimum absolute atomic E-state index is 0.0509. The molecule has 1 aromatic heterocycles. The highest BCUT2D eigenvalue weighted by atomic mass is 32.1. The number of carbonyl (C=O) groups excluding carboxylic acids is 3. The lowest BCUT2D eigenvalue weighted by atomic mass is 10.2. The van der Waals surface area contributed by atoms with Gasteiger partial charge in [0.2, 0.25) is 0 Å². The van der Waals surface area contributed by atoms with Crippen LogP contribution in [0.5, 0.6) is 11.5 Å². The quantitative estimate of drug-likeness (QED) is 0.563. The molecule has 1 aromatic carbocycles. The lowest BCUT2D eigenvalue weighted by molar-refractivity contribution is -0.153. The molecule has 1 atom stereocenters. The topological polar surface area (TPSA) is 90.9 Å². The SMILES string of the molecule is Cc1ccc(C(=O)CCC(=O)O[C@@H](C)C(=O)Nc2ccc3c(c2)OCCO3)s1. The van der Waals surface area contributed by atoms with Gasteiger partial charge in [0.25, 0.3) is 5.91 Å². The van der Waals surface area contributed by atoms with Gasteiger partial charge in [-0.25, -0.2) is 0 Å². The van der Waals surface area contributed by atoms with Crippen molar-refractivity contribution in [2.75, 3.05) is 18.5 Å². The smallest absolute Gasteiger partial charge is 0.307 e. The van der Waals surface area contributed by atoms with Gasteiger partial charge in [0.1, 0.15) is 13.2 Å². The zero-order valence-electron chi connectivity index (χ0n) is 15.7. The van der Waals surface area contributed by atoms with Gasteiger partial charge < -0.3 is 19.5 Å². The molecule has 0 fully saturated rings. The number of esters is 1. The number of benzene rings is 1. The highest BCUT2D eigenvalue weighted by Gasteiger charge is 2.20. The molecule has 0 radical (unpaired) electrons. The van der Waals surface area contributed by atoms with Crippen LogP contribution in [-0.2, 0) is 14.3 Å². The number of ether oxygens (including phenoxy) is 3. The van der Waals surface area contributed by atoms with E-state index in [0.717, 1.165) is 4.88 Å². The average molecular weight is 403 g/mol. The molecule has 1 aliphatic rings. The van der Waals surface area contributed by atoms with E-state index in [-0.39, 0.29) is 18.6 Å². The normalized spacial score (nSPS) is 13.5. The van der Waals surface area contributed by atoms with Crippen LogP contribution in [0, 0.1) is 6.92 Å². The Morgan fingerprint density at radius 3 is 2.57 bits per heavy atom. The first-order valence-electron chi connectivity index (χ1n) is 8.92. The van der Waals surface area contributed by atoms with Crippen molar-refractivity contribution in [2.45, 2.75) is 32.8 Å². The molecule has 2 aromatic rings. The zero-order chi connectivity index (χ0) is 20.1. The lowest BCUT2D eigenvalue weighted by Crippen LogP contribution is -2.30. The Morgan fingerprint density at radius 2 is 1.86 bits per heavy atom. The fourth-order valence-electron chi connectivity index (χ4n) is 2.60. The van der Waals surface area contributed by atoms with E-state index < -0.39 is 18.0 Å². The summed E-state index contributed by atoms with van der Waals surface area (Å²) in [6.45, 7) is 4.33. The van der Waals surface area contributed by atoms with Gasteiger partial charge in [0.05, 0.1) is 11.3 Å². The number of Topliss-reactive ketones (excluding diaryl/α,β-unsaturated/α-hetero) is 1. The Bertz CT molecular complexity index is 891. The van der Waals surface area contributed by atoms with Crippen LogP contribution in [0.1, 0.15) is 34.3 Å². The number of rotatable bonds is 7. The van der Waals surface area contributed by atoms with E-state index in [1.54, 1.807) is 24.3 Å². The molecule has 0 bridgehead atoms. The molecule has 1 aliphatic heterocycles. The predicted octanol–water partition coefficient (Wildman–Crippen LogP) is 3.36. The molecule has 1 amide bonds. The Morgan fingerprint density at radius 1 is 1.11 bits per heavy atom. The van der Waals surface area contributed by atoms with E-state index in [4.69, 9.17) is 14.2 Å². The van der Waals surface area contributed by atoms with E-state index in [1.165, 1.54) is 18.3 Å². The molecule has 0 saturated carbocycles. The third kappa shape index (κ3) is 5.10. The number of thiophene rings is 1. The second-order valence-electron chi connectivity index (χ2n) is 6.31. The minimum atomic E-state index is -0.986. The van der Waals surface area contributed by atoms with Gasteiger partial charge in [-0.2, -0.15) is 0 Å². The third-order valence-corrected chi connectivity index (χ3v) is 5.10. The third-order valence-electron chi connectivity index (χ3n) is 4.06. The molecule has 28 heavy (non-hydrogen) atoms. The van der Waals surface area contributed by atoms with E-state index in [2.05, 4.69) is 5.32 Å². The average Bonchev–Trinajstić information content (AvgIpc) is 3.12. The summed E-state index contributed by atoms with van der Waals surface area (Å²) in [4.78, 5) is 37.9. The van der Waals surface area contributed by atoms with Crippen molar-refractivity contribution in [3.05, 3.63) is 40.1 Å². The number of fused-ring (bicyclic) bond motifs is 1. The van der Waals surface area contributed by atoms with Gasteiger partial charge in [0, 0.05) is 23.1 Å². The predicted molar refractivity (Wildman–Crippen MR) is 104 cm³/mol. The number of anilines is 1. The van der Waals surface area contributed by atoms with Crippen LogP contribution in [0.3, 0.4) is 0 Å². The van der Waals surface area contributed by atoms with Gasteiger partial charge in [-0.05, 0) is 38.1 Å². The monoisotopic (exact) mass is 403 g/mol. The molecule has 148 valence electrons. The van der Waals surface area contributed by atoms with Gasteiger partial charge in [-0.3, -0.25) is 14.4 Å². The Kier molecular flexibility index (Phi) is 6.30. The van der Waals surface area contributed by atoms with Crippen LogP contribution in [0.25, 0.3) is 0 Å². The number of hydrogen-bond acceptors (Lipinski definition) is 7. The van der Waals surface area contributed by atoms with Gasteiger partial charge in [0.15, 0.2) is 23.4 Å². The second kappa shape index (κ2) is 8.88. The second-order valence-corrected chi connectivity index (χ2v) is 7.60. The maximum absolute atomic E-state index is 12.3. The Balaban J connectivity index is 1.47. The number of hydrogen-bond donors (Lipinski definition) is 1. The van der Waals surface area contributed by atoms with Gasteiger partial charge in [-0.1, -0.05) is 0 Å². The summed E-state index contributed by atoms with van der Waals surface area (Å²) in [5, 5.41) is 2.67. The molecule has 3 rings (SSSR count). The molecule has 0 unspecified atom stereocenters. The largest absolute Gasteiger partial charge is 0.486 e. The summed E-state index contributed by atoms with van der Waals surface area (Å²) < 4.78 is 16.0. The fraction of sp³-hybridized carbons (Fsp3) is 0.350. The highest BCUT2D eigenvalue weighted by Crippen LogP contribution is 2.32. The summed E-state index contributed by atoms with van der Waals surface area (Å²) in [7, 11) is 0. The Hall–Kier alpha value is -2.87. The summed E-state index contributed by atoms with van der Waals surface area (Å²) in [6, 6.07) is 8.65. The first-order valence-corrected chi connectivity index (χ1v) is 9.73. The number of carbonyl (C=O) groups is 3. The number of aryl methyl sites for hydroxylation is 1. The standard InChI is InChI=1S/C20H21NO6S/c1-12-3-7-18(28-12)15(22)5-8-19(23)27-13(2)20(24)21-14-4-6-16-17(11-14)26-10-9-25-16/h3-4,6-7,11,13H,5,8-10H2,1-2H3,(H,21,24)/t13-/m0/s1. The maximum atomic E-state index is 12.3. The van der Waals surface area contributed by atoms with E-state index >= 15 is 0 Å². The summed E-state index contributed by atoms with van der Waals surface area (Å²) in [5.41, 5.74) is 0.514. The zero-order valence-corrected chi connectivity index (χ0v) is 16.5. The number of amides is 1. The molecule has 2 heterocycles. The van der Waals surface area contributed by atoms with Crippen molar-refractivity contribution >= 4 is 34.7 Å². The highest BCUT2D eigenvalue weighted by molar-refractivity contribution is 7.14. The Labute approximate surface area is 166 Å². The molecule has 1 N–H and O–H groups in total. The summed E-state index contributed by atoms with van der Waals surface area (Å²) in [6.07, 6.45) is -1.01. The van der Waals surface area contributed by atoms with Gasteiger partial charge >= 0.3 is 5.97 Å². The van der Waals surface area contributed by atoms with E-state index in [0.29, 0.717) is 35.3 Å². The summed E-state index contributed by atoms with van der Waals surface area (Å²) in [5.74, 6) is 0.00507. The van der Waals surface area contributed by atoms with Crippen LogP contribution >= 0.6 is 11.3 Å². The van der Waals surface area contributed by atoms with Crippen LogP contribution in [0.4, 0.5) is 5.69 Å². The van der Waals surface area contributed by atoms with E-state index in [9.17, 15) is 14.4 Å². The molecule has 8 heteroatoms. The van der Waals surface area contributed by atoms with Crippen molar-refractivity contribution in [1.82, 2.24) is 0 Å². The van der Waals surface area contributed by atoms with Crippen molar-refractivity contribution < 1.29 is 28.6 Å². The molecular formula is C20H21NO6S. The lowest BCUT2D eigenvalue weighted by Gasteiger charge is -2.19. The fourth-order valence-corrected chi connectivity index (χ4v) is 3.43. The van der Waals surface area contributed by atoms with Crippen LogP contribution in [0.15, 0.2) is 30.3 Å². The van der Waals surface area contributed by atoms with E-state index in [1.807, 2.05) is 13.0 Å². The summed E-state index contributed by atoms with van der Waals surface area (Å²) >= 11 is 1.39. The molecule has 0 aliphatic carbocycles. The van der Waals surface area contributed by atoms with Crippen LogP contribution in [-0.4, -0.2) is 37.0 Å². The van der Waals surface area contributed by atoms with Crippen molar-refractivity contribution in [2.24, 2.45) is 0 Å². The van der Waals surface area contributed by atoms with Crippen molar-refractivity contribution in [1.29, 1.82) is 0 Å². The van der Waals surface area contributed by atoms with Gasteiger partial charge in [-0.15, -0.1) is 11.3 Å². The van der Waals surface area contributed by atoms with Crippen molar-refractivity contribution in [3.63, 3.8) is 0 Å². The molecular weight excluding hydrogens is 382 g/mol. The first-order chi connectivity index (χ1) is 13.4. The van der Waals surface area contributed by atoms with Crippen molar-refractivity contribution in [3.8, 4) is 11.5 Å². The molecule has 0 saturated heterocycles.